The molecule has 4 rings (SSSR count). The van der Waals surface area contributed by atoms with Crippen molar-refractivity contribution in [2.75, 3.05) is 7.11 Å². The highest BCUT2D eigenvalue weighted by molar-refractivity contribution is 8.00. The molecule has 0 aliphatic carbocycles. The van der Waals surface area contributed by atoms with Gasteiger partial charge in [-0.25, -0.2) is 9.36 Å². The zero-order chi connectivity index (χ0) is 24.5. The third-order valence-corrected chi connectivity index (χ3v) is 6.07. The van der Waals surface area contributed by atoms with Crippen LogP contribution in [0.1, 0.15) is 11.3 Å². The maximum atomic E-state index is 13.2. The highest BCUT2D eigenvalue weighted by atomic mass is 32.2. The molecule has 0 amide bonds. The number of alkyl halides is 3. The molecular weight excluding hydrogens is 467 g/mol. The molecule has 4 aromatic rings. The van der Waals surface area contributed by atoms with Crippen LogP contribution in [-0.4, -0.2) is 31.8 Å². The van der Waals surface area contributed by atoms with Gasteiger partial charge < -0.3 is 9.84 Å². The summed E-state index contributed by atoms with van der Waals surface area (Å²) in [4.78, 5) is 17.4. The average Bonchev–Trinajstić information content (AvgIpc) is 3.02. The molecule has 176 valence electrons. The van der Waals surface area contributed by atoms with Crippen molar-refractivity contribution < 1.29 is 23.0 Å². The molecule has 0 bridgehead atoms. The smallest absolute Gasteiger partial charge is 0.446 e. The van der Waals surface area contributed by atoms with Crippen LogP contribution in [0.15, 0.2) is 76.7 Å². The molecule has 0 aliphatic rings. The summed E-state index contributed by atoms with van der Waals surface area (Å²) in [5, 5.41) is 10.7. The topological polar surface area (TPSA) is 69.3 Å². The summed E-state index contributed by atoms with van der Waals surface area (Å²) < 4.78 is 45.5. The van der Waals surface area contributed by atoms with Gasteiger partial charge in [-0.2, -0.15) is 13.2 Å². The largest absolute Gasteiger partial charge is 0.497 e. The third kappa shape index (κ3) is 4.81. The van der Waals surface area contributed by atoms with Crippen molar-refractivity contribution in [2.45, 2.75) is 23.9 Å². The Labute approximate surface area is 197 Å². The number of pyridine rings is 1. The molecule has 0 atom stereocenters. The van der Waals surface area contributed by atoms with E-state index in [-0.39, 0.29) is 34.8 Å². The van der Waals surface area contributed by atoms with Crippen molar-refractivity contribution in [1.29, 1.82) is 0 Å². The van der Waals surface area contributed by atoms with Crippen molar-refractivity contribution in [3.63, 3.8) is 0 Å². The molecular formula is C24H20F3N3O3S. The summed E-state index contributed by atoms with van der Waals surface area (Å²) in [5.41, 5.74) is -1.82. The number of methoxy groups -OCH3 is 1. The number of aromatic hydroxyl groups is 1. The number of ether oxygens (including phenoxy) is 1. The van der Waals surface area contributed by atoms with E-state index in [4.69, 9.17) is 4.74 Å². The Morgan fingerprint density at radius 2 is 1.74 bits per heavy atom. The number of imidazole rings is 1. The van der Waals surface area contributed by atoms with Crippen LogP contribution in [0.3, 0.4) is 0 Å². The van der Waals surface area contributed by atoms with Crippen molar-refractivity contribution in [3.8, 4) is 28.4 Å². The van der Waals surface area contributed by atoms with Gasteiger partial charge in [-0.3, -0.25) is 9.55 Å². The second-order valence-corrected chi connectivity index (χ2v) is 8.55. The molecule has 2 aromatic carbocycles. The quantitative estimate of drug-likeness (QED) is 0.370. The van der Waals surface area contributed by atoms with E-state index in [0.29, 0.717) is 11.4 Å². The molecule has 1 N–H and O–H groups in total. The van der Waals surface area contributed by atoms with E-state index in [2.05, 4.69) is 4.98 Å². The molecule has 0 saturated heterocycles. The molecule has 0 aliphatic heterocycles. The molecule has 6 nitrogen and oxygen atoms in total. The summed E-state index contributed by atoms with van der Waals surface area (Å²) in [6, 6.07) is 14.5. The molecule has 34 heavy (non-hydrogen) atoms. The van der Waals surface area contributed by atoms with Gasteiger partial charge in [-0.15, -0.1) is 0 Å². The van der Waals surface area contributed by atoms with Crippen molar-refractivity contribution in [3.05, 3.63) is 88.7 Å². The van der Waals surface area contributed by atoms with Crippen molar-refractivity contribution in [1.82, 2.24) is 14.1 Å². The lowest BCUT2D eigenvalue weighted by molar-refractivity contribution is -0.0328. The lowest BCUT2D eigenvalue weighted by atomic mass is 10.0. The van der Waals surface area contributed by atoms with Gasteiger partial charge in [0.05, 0.1) is 25.0 Å². The van der Waals surface area contributed by atoms with E-state index in [1.54, 1.807) is 32.5 Å². The van der Waals surface area contributed by atoms with E-state index in [1.165, 1.54) is 28.8 Å². The monoisotopic (exact) mass is 487 g/mol. The Balaban J connectivity index is 1.69. The van der Waals surface area contributed by atoms with Crippen LogP contribution in [0, 0.1) is 6.92 Å². The Bertz CT molecular complexity index is 1360. The molecule has 2 aromatic heterocycles. The number of benzene rings is 2. The first-order valence-corrected chi connectivity index (χ1v) is 10.9. The highest BCUT2D eigenvalue weighted by Gasteiger charge is 2.29. The van der Waals surface area contributed by atoms with E-state index in [9.17, 15) is 23.1 Å². The molecule has 0 saturated carbocycles. The number of nitrogens with zero attached hydrogens (tertiary/aromatic N) is 3. The number of halogens is 3. The van der Waals surface area contributed by atoms with Gasteiger partial charge in [0.25, 0.3) is 0 Å². The van der Waals surface area contributed by atoms with Crippen LogP contribution >= 0.6 is 11.8 Å². The fourth-order valence-corrected chi connectivity index (χ4v) is 4.15. The summed E-state index contributed by atoms with van der Waals surface area (Å²) in [6.07, 6.45) is 3.32. The fraction of sp³-hybridized carbons (Fsp3) is 0.167. The Morgan fingerprint density at radius 3 is 2.35 bits per heavy atom. The number of aromatic nitrogens is 3. The van der Waals surface area contributed by atoms with E-state index in [0.717, 1.165) is 21.3 Å². The standard InChI is InChI=1S/C24H20F3N3O3S/c1-15-22(31)30(18-5-9-20(10-6-18)34-24(25,26)27)23(32)29(15)14-17-11-12-28-13-21(17)16-3-7-19(33-2)8-4-16/h3-13,31H,14H2,1-2H3. The highest BCUT2D eigenvalue weighted by Crippen LogP contribution is 2.37. The van der Waals surface area contributed by atoms with Gasteiger partial charge in [0, 0.05) is 22.9 Å². The molecule has 10 heteroatoms. The van der Waals surface area contributed by atoms with Crippen LogP contribution in [0.5, 0.6) is 11.6 Å². The van der Waals surface area contributed by atoms with Crippen molar-refractivity contribution >= 4 is 11.8 Å². The minimum absolute atomic E-state index is 0.0131. The molecule has 0 radical (unpaired) electrons. The van der Waals surface area contributed by atoms with E-state index in [1.807, 2.05) is 24.3 Å². The number of thioether (sulfide) groups is 1. The summed E-state index contributed by atoms with van der Waals surface area (Å²) in [6.45, 7) is 1.77. The lowest BCUT2D eigenvalue weighted by Crippen LogP contribution is -2.24. The number of rotatable bonds is 6. The van der Waals surface area contributed by atoms with Gasteiger partial charge in [-0.05, 0) is 72.3 Å². The van der Waals surface area contributed by atoms with Gasteiger partial charge in [0.15, 0.2) is 0 Å². The second kappa shape index (κ2) is 9.30. The minimum Gasteiger partial charge on any atom is -0.497 e. The van der Waals surface area contributed by atoms with Crippen LogP contribution in [-0.2, 0) is 6.54 Å². The zero-order valence-corrected chi connectivity index (χ0v) is 19.0. The SMILES string of the molecule is COc1ccc(-c2cnccc2Cn2c(C)c(O)n(-c3ccc(SC(F)(F)F)cc3)c2=O)cc1. The van der Waals surface area contributed by atoms with E-state index < -0.39 is 11.2 Å². The summed E-state index contributed by atoms with van der Waals surface area (Å²) >= 11 is -0.244. The van der Waals surface area contributed by atoms with Crippen LogP contribution in [0.25, 0.3) is 16.8 Å². The van der Waals surface area contributed by atoms with Crippen LogP contribution < -0.4 is 10.4 Å². The fourth-order valence-electron chi connectivity index (χ4n) is 3.62. The molecule has 0 unspecified atom stereocenters. The average molecular weight is 488 g/mol. The Hall–Kier alpha value is -3.66. The van der Waals surface area contributed by atoms with Gasteiger partial charge in [0.2, 0.25) is 5.88 Å². The van der Waals surface area contributed by atoms with Gasteiger partial charge in [0.1, 0.15) is 5.75 Å². The maximum absolute atomic E-state index is 13.2. The maximum Gasteiger partial charge on any atom is 0.446 e. The first-order valence-electron chi connectivity index (χ1n) is 10.1. The lowest BCUT2D eigenvalue weighted by Gasteiger charge is -2.11. The summed E-state index contributed by atoms with van der Waals surface area (Å²) in [5.74, 6) is 0.434. The molecule has 0 fully saturated rings. The predicted molar refractivity (Wildman–Crippen MR) is 124 cm³/mol. The normalized spacial score (nSPS) is 11.6. The first kappa shape index (κ1) is 23.5. The first-order chi connectivity index (χ1) is 16.2. The van der Waals surface area contributed by atoms with Gasteiger partial charge >= 0.3 is 11.2 Å². The predicted octanol–water partition coefficient (Wildman–Crippen LogP) is 5.38. The van der Waals surface area contributed by atoms with Gasteiger partial charge in [-0.1, -0.05) is 12.1 Å². The zero-order valence-electron chi connectivity index (χ0n) is 18.2. The van der Waals surface area contributed by atoms with E-state index >= 15 is 0 Å². The Morgan fingerprint density at radius 1 is 1.06 bits per heavy atom. The third-order valence-electron chi connectivity index (χ3n) is 5.33. The molecule has 0 spiro atoms. The van der Waals surface area contributed by atoms with Crippen LogP contribution in [0.2, 0.25) is 0 Å². The van der Waals surface area contributed by atoms with Crippen LogP contribution in [0.4, 0.5) is 13.2 Å². The molecule has 2 heterocycles. The number of hydrogen-bond acceptors (Lipinski definition) is 5. The summed E-state index contributed by atoms with van der Waals surface area (Å²) in [7, 11) is 1.58. The number of hydrogen-bond donors (Lipinski definition) is 1. The Kier molecular flexibility index (Phi) is 6.43. The van der Waals surface area contributed by atoms with Crippen molar-refractivity contribution in [2.24, 2.45) is 0 Å². The second-order valence-electron chi connectivity index (χ2n) is 7.42. The minimum atomic E-state index is -4.41.